The van der Waals surface area contributed by atoms with Crippen LogP contribution in [0.3, 0.4) is 0 Å². The Hall–Kier alpha value is -1.12. The number of alkyl carbamates (subject to hydrolysis) is 1. The molecule has 0 radical (unpaired) electrons. The van der Waals surface area contributed by atoms with E-state index in [2.05, 4.69) is 39.2 Å². The highest BCUT2D eigenvalue weighted by molar-refractivity contribution is 6.74. The SMILES string of the molecule is COC(=O)C(CCC(O)CO[Si](C)(C)C(C)(C)C)NC(=O)OC(C)(C)C. The summed E-state index contributed by atoms with van der Waals surface area (Å²) in [4.78, 5) is 23.8. The Morgan fingerprint density at radius 2 is 1.62 bits per heavy atom. The molecule has 0 spiro atoms. The van der Waals surface area contributed by atoms with Gasteiger partial charge in [0.25, 0.3) is 0 Å². The summed E-state index contributed by atoms with van der Waals surface area (Å²) in [6.07, 6.45) is -0.894. The fraction of sp³-hybridized carbons (Fsp3) is 0.889. The number of hydrogen-bond acceptors (Lipinski definition) is 6. The quantitative estimate of drug-likeness (QED) is 0.487. The van der Waals surface area contributed by atoms with Crippen molar-refractivity contribution < 1.29 is 28.6 Å². The van der Waals surface area contributed by atoms with Gasteiger partial charge in [0.05, 0.1) is 19.8 Å². The van der Waals surface area contributed by atoms with E-state index in [-0.39, 0.29) is 18.1 Å². The molecule has 0 aliphatic carbocycles. The molecule has 0 aliphatic rings. The number of amides is 1. The highest BCUT2D eigenvalue weighted by Gasteiger charge is 2.37. The number of aliphatic hydroxyl groups excluding tert-OH is 1. The third-order valence-corrected chi connectivity index (χ3v) is 8.91. The summed E-state index contributed by atoms with van der Waals surface area (Å²) in [6, 6.07) is -0.877. The molecule has 8 heteroatoms. The zero-order chi connectivity index (χ0) is 20.8. The molecule has 0 fully saturated rings. The number of carbonyl (C=O) groups is 2. The zero-order valence-electron chi connectivity index (χ0n) is 17.8. The lowest BCUT2D eigenvalue weighted by molar-refractivity contribution is -0.143. The minimum absolute atomic E-state index is 0.0551. The van der Waals surface area contributed by atoms with Crippen molar-refractivity contribution in [3.8, 4) is 0 Å². The molecule has 7 nitrogen and oxygen atoms in total. The van der Waals surface area contributed by atoms with E-state index in [9.17, 15) is 14.7 Å². The molecule has 2 atom stereocenters. The number of aliphatic hydroxyl groups is 1. The number of methoxy groups -OCH3 is 1. The zero-order valence-corrected chi connectivity index (χ0v) is 18.8. The molecule has 0 saturated carbocycles. The van der Waals surface area contributed by atoms with Crippen molar-refractivity contribution >= 4 is 20.4 Å². The molecule has 2 N–H and O–H groups in total. The van der Waals surface area contributed by atoms with Crippen LogP contribution in [0.1, 0.15) is 54.4 Å². The van der Waals surface area contributed by atoms with E-state index >= 15 is 0 Å². The van der Waals surface area contributed by atoms with E-state index in [1.807, 2.05) is 0 Å². The summed E-state index contributed by atoms with van der Waals surface area (Å²) in [7, 11) is -0.694. The second-order valence-corrected chi connectivity index (χ2v) is 13.8. The first-order chi connectivity index (χ1) is 11.6. The van der Waals surface area contributed by atoms with Crippen molar-refractivity contribution in [1.82, 2.24) is 5.32 Å². The number of esters is 1. The molecule has 0 aromatic heterocycles. The van der Waals surface area contributed by atoms with Crippen LogP contribution >= 0.6 is 0 Å². The smallest absolute Gasteiger partial charge is 0.408 e. The average Bonchev–Trinajstić information content (AvgIpc) is 2.45. The largest absolute Gasteiger partial charge is 0.467 e. The van der Waals surface area contributed by atoms with Crippen LogP contribution < -0.4 is 5.32 Å². The maximum atomic E-state index is 11.9. The van der Waals surface area contributed by atoms with E-state index in [1.165, 1.54) is 7.11 Å². The van der Waals surface area contributed by atoms with E-state index in [1.54, 1.807) is 20.8 Å². The lowest BCUT2D eigenvalue weighted by Crippen LogP contribution is -2.45. The van der Waals surface area contributed by atoms with Gasteiger partial charge in [-0.3, -0.25) is 0 Å². The van der Waals surface area contributed by atoms with Gasteiger partial charge in [0, 0.05) is 0 Å². The molecule has 26 heavy (non-hydrogen) atoms. The summed E-state index contributed by atoms with van der Waals surface area (Å²) >= 11 is 0. The highest BCUT2D eigenvalue weighted by Crippen LogP contribution is 2.36. The third-order valence-electron chi connectivity index (χ3n) is 4.41. The molecule has 0 aliphatic heterocycles. The minimum Gasteiger partial charge on any atom is -0.467 e. The number of ether oxygens (including phenoxy) is 2. The molecule has 0 saturated heterocycles. The monoisotopic (exact) mass is 391 g/mol. The van der Waals surface area contributed by atoms with Crippen molar-refractivity contribution in [3.05, 3.63) is 0 Å². The lowest BCUT2D eigenvalue weighted by atomic mass is 10.1. The van der Waals surface area contributed by atoms with Gasteiger partial charge in [-0.2, -0.15) is 0 Å². The van der Waals surface area contributed by atoms with Crippen LogP contribution in [-0.2, 0) is 18.7 Å². The number of carbonyl (C=O) groups excluding carboxylic acids is 2. The van der Waals surface area contributed by atoms with Gasteiger partial charge in [0.2, 0.25) is 0 Å². The Labute approximate surface area is 158 Å². The Balaban J connectivity index is 4.61. The number of nitrogens with one attached hydrogen (secondary N) is 1. The van der Waals surface area contributed by atoms with Crippen LogP contribution in [0.2, 0.25) is 18.1 Å². The Bertz CT molecular complexity index is 467. The van der Waals surface area contributed by atoms with Crippen molar-refractivity contribution in [2.24, 2.45) is 0 Å². The van der Waals surface area contributed by atoms with Crippen molar-refractivity contribution in [3.63, 3.8) is 0 Å². The highest BCUT2D eigenvalue weighted by atomic mass is 28.4. The first-order valence-corrected chi connectivity index (χ1v) is 11.9. The van der Waals surface area contributed by atoms with Gasteiger partial charge < -0.3 is 24.3 Å². The second kappa shape index (κ2) is 9.71. The Morgan fingerprint density at radius 1 is 1.08 bits per heavy atom. The minimum atomic E-state index is -1.95. The number of hydrogen-bond donors (Lipinski definition) is 2. The molecule has 0 bridgehead atoms. The predicted octanol–water partition coefficient (Wildman–Crippen LogP) is 3.22. The van der Waals surface area contributed by atoms with E-state index in [4.69, 9.17) is 13.9 Å². The second-order valence-electron chi connectivity index (χ2n) is 9.02. The molecule has 0 rings (SSSR count). The molecule has 0 heterocycles. The topological polar surface area (TPSA) is 94.1 Å². The lowest BCUT2D eigenvalue weighted by Gasteiger charge is -2.36. The van der Waals surface area contributed by atoms with Gasteiger partial charge in [0.1, 0.15) is 11.6 Å². The summed E-state index contributed by atoms with van der Waals surface area (Å²) in [5.41, 5.74) is -0.665. The van der Waals surface area contributed by atoms with Gasteiger partial charge in [-0.05, 0) is 51.7 Å². The maximum absolute atomic E-state index is 11.9. The first kappa shape index (κ1) is 24.9. The fourth-order valence-corrected chi connectivity index (χ4v) is 2.85. The Morgan fingerprint density at radius 3 is 2.04 bits per heavy atom. The summed E-state index contributed by atoms with van der Waals surface area (Å²) < 4.78 is 15.9. The normalized spacial score (nSPS) is 15.2. The predicted molar refractivity (Wildman–Crippen MR) is 104 cm³/mol. The molecular weight excluding hydrogens is 354 g/mol. The Kier molecular flexibility index (Phi) is 9.29. The van der Waals surface area contributed by atoms with E-state index in [0.717, 1.165) is 0 Å². The maximum Gasteiger partial charge on any atom is 0.408 e. The van der Waals surface area contributed by atoms with Crippen molar-refractivity contribution in [2.45, 2.75) is 90.3 Å². The first-order valence-electron chi connectivity index (χ1n) is 8.98. The van der Waals surface area contributed by atoms with E-state index < -0.39 is 38.1 Å². The van der Waals surface area contributed by atoms with Gasteiger partial charge >= 0.3 is 12.1 Å². The third kappa shape index (κ3) is 9.54. The van der Waals surface area contributed by atoms with E-state index in [0.29, 0.717) is 6.42 Å². The van der Waals surface area contributed by atoms with Gasteiger partial charge in [-0.1, -0.05) is 20.8 Å². The number of rotatable bonds is 8. The van der Waals surface area contributed by atoms with Crippen molar-refractivity contribution in [1.29, 1.82) is 0 Å². The fourth-order valence-electron chi connectivity index (χ4n) is 1.80. The standard InChI is InChI=1S/C18H37NO6Si/c1-17(2,3)25-16(22)19-14(15(21)23-7)11-10-13(20)12-24-26(8,9)18(4,5)6/h13-14,20H,10-12H2,1-9H3,(H,19,22). The van der Waals surface area contributed by atoms with Gasteiger partial charge in [-0.15, -0.1) is 0 Å². The van der Waals surface area contributed by atoms with Crippen LogP contribution in [0.5, 0.6) is 0 Å². The molecule has 0 aromatic rings. The van der Waals surface area contributed by atoms with Crippen LogP contribution in [0.25, 0.3) is 0 Å². The molecule has 2 unspecified atom stereocenters. The van der Waals surface area contributed by atoms with Crippen LogP contribution in [0.4, 0.5) is 4.79 Å². The summed E-state index contributed by atoms with van der Waals surface area (Å²) in [6.45, 7) is 16.0. The molecule has 0 aromatic carbocycles. The summed E-state index contributed by atoms with van der Waals surface area (Å²) in [5, 5.41) is 12.8. The van der Waals surface area contributed by atoms with Crippen LogP contribution in [0.15, 0.2) is 0 Å². The summed E-state index contributed by atoms with van der Waals surface area (Å²) in [5.74, 6) is -0.576. The molecule has 1 amide bonds. The average molecular weight is 392 g/mol. The van der Waals surface area contributed by atoms with Gasteiger partial charge in [-0.25, -0.2) is 9.59 Å². The molecule has 154 valence electrons. The van der Waals surface area contributed by atoms with Crippen molar-refractivity contribution in [2.75, 3.05) is 13.7 Å². The van der Waals surface area contributed by atoms with Crippen LogP contribution in [0, 0.1) is 0 Å². The van der Waals surface area contributed by atoms with Gasteiger partial charge in [0.15, 0.2) is 8.32 Å². The molecular formula is C18H37NO6Si. The van der Waals surface area contributed by atoms with Crippen LogP contribution in [-0.4, -0.2) is 57.0 Å².